The number of methoxy groups -OCH3 is 1. The number of benzene rings is 2. The first-order valence-electron chi connectivity index (χ1n) is 8.92. The number of para-hydroxylation sites is 1. The summed E-state index contributed by atoms with van der Waals surface area (Å²) >= 11 is 1.45. The third-order valence-corrected chi connectivity index (χ3v) is 5.56. The van der Waals surface area contributed by atoms with Crippen molar-refractivity contribution in [1.82, 2.24) is 14.6 Å². The number of aromatic nitrogens is 3. The highest BCUT2D eigenvalue weighted by Crippen LogP contribution is 2.28. The molecule has 1 N–H and O–H groups in total. The Labute approximate surface area is 169 Å². The second kappa shape index (κ2) is 6.75. The van der Waals surface area contributed by atoms with E-state index in [4.69, 9.17) is 9.15 Å². The number of ether oxygens (including phenoxy) is 1. The van der Waals surface area contributed by atoms with Gasteiger partial charge < -0.3 is 9.15 Å². The zero-order chi connectivity index (χ0) is 20.0. The molecule has 8 heteroatoms. The molecular weight excluding hydrogens is 388 g/mol. The number of carbonyl (C=O) groups excluding carboxylic acids is 1. The van der Waals surface area contributed by atoms with Crippen molar-refractivity contribution in [2.75, 3.05) is 12.4 Å². The number of aryl methyl sites for hydroxylation is 1. The summed E-state index contributed by atoms with van der Waals surface area (Å²) < 4.78 is 12.6. The molecule has 5 aromatic rings. The quantitative estimate of drug-likeness (QED) is 0.466. The largest absolute Gasteiger partial charge is 0.497 e. The molecule has 0 unspecified atom stereocenters. The molecule has 0 radical (unpaired) electrons. The van der Waals surface area contributed by atoms with E-state index in [1.54, 1.807) is 11.6 Å². The zero-order valence-corrected chi connectivity index (χ0v) is 16.5. The SMILES string of the molecule is COc1ccc(-c2csc3nc(NC(=O)c4oc5ccccc5c4C)nn23)cc1. The summed E-state index contributed by atoms with van der Waals surface area (Å²) in [6, 6.07) is 15.3. The molecule has 0 fully saturated rings. The van der Waals surface area contributed by atoms with Crippen LogP contribution in [0.4, 0.5) is 5.95 Å². The summed E-state index contributed by atoms with van der Waals surface area (Å²) in [6.45, 7) is 1.86. The Balaban J connectivity index is 1.45. The molecule has 0 aliphatic rings. The van der Waals surface area contributed by atoms with Gasteiger partial charge >= 0.3 is 0 Å². The lowest BCUT2D eigenvalue weighted by atomic mass is 10.1. The standard InChI is InChI=1S/C21H16N4O3S/c1-12-15-5-3-4-6-17(15)28-18(12)19(26)22-20-23-21-25(24-20)16(11-29-21)13-7-9-14(27-2)10-8-13/h3-11H,1-2H3,(H,22,24,26). The summed E-state index contributed by atoms with van der Waals surface area (Å²) in [5.41, 5.74) is 3.34. The van der Waals surface area contributed by atoms with Crippen molar-refractivity contribution in [2.45, 2.75) is 6.92 Å². The number of nitrogens with one attached hydrogen (secondary N) is 1. The number of furan rings is 1. The molecule has 2 aromatic carbocycles. The average Bonchev–Trinajstić information content (AvgIpc) is 3.41. The maximum absolute atomic E-state index is 12.7. The molecule has 7 nitrogen and oxygen atoms in total. The van der Waals surface area contributed by atoms with E-state index in [-0.39, 0.29) is 17.6 Å². The number of thiazole rings is 1. The minimum absolute atomic E-state index is 0.233. The molecular formula is C21H16N4O3S. The van der Waals surface area contributed by atoms with Crippen molar-refractivity contribution >= 4 is 39.1 Å². The Morgan fingerprint density at radius 2 is 1.97 bits per heavy atom. The van der Waals surface area contributed by atoms with E-state index in [0.29, 0.717) is 10.5 Å². The number of carbonyl (C=O) groups is 1. The number of hydrogen-bond donors (Lipinski definition) is 1. The number of rotatable bonds is 4. The molecule has 0 bridgehead atoms. The molecule has 0 aliphatic carbocycles. The number of amides is 1. The Bertz CT molecular complexity index is 1350. The van der Waals surface area contributed by atoms with Crippen molar-refractivity contribution in [3.8, 4) is 17.0 Å². The molecule has 1 amide bonds. The van der Waals surface area contributed by atoms with Crippen LogP contribution in [-0.2, 0) is 0 Å². The predicted molar refractivity (Wildman–Crippen MR) is 112 cm³/mol. The Hall–Kier alpha value is -3.65. The van der Waals surface area contributed by atoms with Crippen molar-refractivity contribution in [1.29, 1.82) is 0 Å². The van der Waals surface area contributed by atoms with Crippen molar-refractivity contribution in [2.24, 2.45) is 0 Å². The van der Waals surface area contributed by atoms with Crippen LogP contribution in [0.5, 0.6) is 5.75 Å². The fraction of sp³-hybridized carbons (Fsp3) is 0.0952. The van der Waals surface area contributed by atoms with Crippen molar-refractivity contribution in [3.05, 3.63) is 65.2 Å². The van der Waals surface area contributed by atoms with Gasteiger partial charge in [0.2, 0.25) is 4.96 Å². The smallest absolute Gasteiger partial charge is 0.294 e. The van der Waals surface area contributed by atoms with Crippen LogP contribution in [0.15, 0.2) is 58.3 Å². The summed E-state index contributed by atoms with van der Waals surface area (Å²) in [7, 11) is 1.63. The van der Waals surface area contributed by atoms with Crippen LogP contribution in [-0.4, -0.2) is 27.6 Å². The van der Waals surface area contributed by atoms with Gasteiger partial charge in [-0.05, 0) is 37.3 Å². The second-order valence-electron chi connectivity index (χ2n) is 6.49. The van der Waals surface area contributed by atoms with Crippen LogP contribution < -0.4 is 10.1 Å². The average molecular weight is 404 g/mol. The van der Waals surface area contributed by atoms with Crippen LogP contribution in [0.3, 0.4) is 0 Å². The van der Waals surface area contributed by atoms with Crippen LogP contribution in [0.2, 0.25) is 0 Å². The summed E-state index contributed by atoms with van der Waals surface area (Å²) in [4.78, 5) is 17.8. The molecule has 3 aromatic heterocycles. The van der Waals surface area contributed by atoms with Gasteiger partial charge in [-0.1, -0.05) is 18.2 Å². The Kier molecular flexibility index (Phi) is 4.06. The van der Waals surface area contributed by atoms with Gasteiger partial charge in [0.1, 0.15) is 11.3 Å². The molecule has 0 saturated carbocycles. The number of anilines is 1. The van der Waals surface area contributed by atoms with E-state index in [0.717, 1.165) is 28.0 Å². The molecule has 144 valence electrons. The van der Waals surface area contributed by atoms with Crippen LogP contribution in [0.1, 0.15) is 16.1 Å². The third-order valence-electron chi connectivity index (χ3n) is 4.74. The van der Waals surface area contributed by atoms with Gasteiger partial charge in [-0.25, -0.2) is 4.52 Å². The highest BCUT2D eigenvalue weighted by molar-refractivity contribution is 7.15. The normalized spacial score (nSPS) is 11.2. The Morgan fingerprint density at radius 1 is 1.17 bits per heavy atom. The highest BCUT2D eigenvalue weighted by atomic mass is 32.1. The maximum atomic E-state index is 12.7. The topological polar surface area (TPSA) is 81.7 Å². The molecule has 3 heterocycles. The zero-order valence-electron chi connectivity index (χ0n) is 15.7. The number of hydrogen-bond acceptors (Lipinski definition) is 6. The molecule has 0 saturated heterocycles. The van der Waals surface area contributed by atoms with Crippen LogP contribution in [0, 0.1) is 6.92 Å². The first-order chi connectivity index (χ1) is 14.1. The summed E-state index contributed by atoms with van der Waals surface area (Å²) in [5, 5.41) is 10.1. The lowest BCUT2D eigenvalue weighted by Gasteiger charge is -2.02. The lowest BCUT2D eigenvalue weighted by Crippen LogP contribution is -2.13. The van der Waals surface area contributed by atoms with Crippen LogP contribution in [0.25, 0.3) is 27.2 Å². The molecule has 0 atom stereocenters. The fourth-order valence-corrected chi connectivity index (χ4v) is 4.07. The van der Waals surface area contributed by atoms with E-state index < -0.39 is 0 Å². The van der Waals surface area contributed by atoms with Gasteiger partial charge in [0.15, 0.2) is 5.76 Å². The van der Waals surface area contributed by atoms with Gasteiger partial charge in [-0.2, -0.15) is 4.98 Å². The minimum atomic E-state index is -0.372. The predicted octanol–water partition coefficient (Wildman–Crippen LogP) is 4.77. The molecule has 0 aliphatic heterocycles. The van der Waals surface area contributed by atoms with E-state index in [1.165, 1.54) is 11.3 Å². The third kappa shape index (κ3) is 2.94. The maximum Gasteiger partial charge on any atom is 0.294 e. The minimum Gasteiger partial charge on any atom is -0.497 e. The first kappa shape index (κ1) is 17.4. The monoisotopic (exact) mass is 404 g/mol. The second-order valence-corrected chi connectivity index (χ2v) is 7.32. The Morgan fingerprint density at radius 3 is 2.72 bits per heavy atom. The van der Waals surface area contributed by atoms with Crippen molar-refractivity contribution in [3.63, 3.8) is 0 Å². The number of fused-ring (bicyclic) bond motifs is 2. The molecule has 29 heavy (non-hydrogen) atoms. The molecule has 5 rings (SSSR count). The van der Waals surface area contributed by atoms with E-state index in [1.807, 2.05) is 60.8 Å². The van der Waals surface area contributed by atoms with Crippen LogP contribution >= 0.6 is 11.3 Å². The van der Waals surface area contributed by atoms with E-state index in [9.17, 15) is 4.79 Å². The van der Waals surface area contributed by atoms with Gasteiger partial charge in [0, 0.05) is 21.9 Å². The van der Waals surface area contributed by atoms with Gasteiger partial charge in [-0.15, -0.1) is 16.4 Å². The van der Waals surface area contributed by atoms with Gasteiger partial charge in [0.05, 0.1) is 12.8 Å². The number of nitrogens with zero attached hydrogens (tertiary/aromatic N) is 3. The summed E-state index contributed by atoms with van der Waals surface area (Å²) in [6.07, 6.45) is 0. The van der Waals surface area contributed by atoms with E-state index in [2.05, 4.69) is 15.4 Å². The lowest BCUT2D eigenvalue weighted by molar-refractivity contribution is 0.0997. The first-order valence-corrected chi connectivity index (χ1v) is 9.80. The van der Waals surface area contributed by atoms with Gasteiger partial charge in [-0.3, -0.25) is 10.1 Å². The molecule has 0 spiro atoms. The fourth-order valence-electron chi connectivity index (χ4n) is 3.24. The van der Waals surface area contributed by atoms with Crippen molar-refractivity contribution < 1.29 is 13.9 Å². The van der Waals surface area contributed by atoms with E-state index >= 15 is 0 Å². The van der Waals surface area contributed by atoms with Gasteiger partial charge in [0.25, 0.3) is 11.9 Å². The summed E-state index contributed by atoms with van der Waals surface area (Å²) in [5.74, 6) is 0.909. The highest BCUT2D eigenvalue weighted by Gasteiger charge is 2.20.